The maximum atomic E-state index is 12.9. The highest BCUT2D eigenvalue weighted by molar-refractivity contribution is 5.74. The Bertz CT molecular complexity index is 902. The highest BCUT2D eigenvalue weighted by atomic mass is 19.1. The van der Waals surface area contributed by atoms with Gasteiger partial charge < -0.3 is 0 Å². The van der Waals surface area contributed by atoms with Crippen LogP contribution in [-0.2, 0) is 0 Å². The number of nitriles is 1. The largest absolute Gasteiger partial charge is 0.207 e. The van der Waals surface area contributed by atoms with Crippen LogP contribution in [0.2, 0.25) is 0 Å². The van der Waals surface area contributed by atoms with E-state index in [1.807, 2.05) is 43.3 Å². The number of H-pyrrole nitrogens is 1. The fourth-order valence-electron chi connectivity index (χ4n) is 2.32. The number of halogens is 1. The highest BCUT2D eigenvalue weighted by Gasteiger charge is 2.10. The van der Waals surface area contributed by atoms with Crippen LogP contribution in [0.3, 0.4) is 0 Å². The predicted molar refractivity (Wildman–Crippen MR) is 86.6 cm³/mol. The third-order valence-corrected chi connectivity index (χ3v) is 3.37. The van der Waals surface area contributed by atoms with E-state index < -0.39 is 0 Å². The van der Waals surface area contributed by atoms with E-state index in [9.17, 15) is 4.39 Å². The van der Waals surface area contributed by atoms with E-state index in [2.05, 4.69) is 15.4 Å². The molecule has 0 radical (unpaired) electrons. The van der Waals surface area contributed by atoms with Crippen LogP contribution in [-0.4, -0.2) is 15.4 Å². The summed E-state index contributed by atoms with van der Waals surface area (Å²) in [6.07, 6.45) is 3.85. The summed E-state index contributed by atoms with van der Waals surface area (Å²) < 4.78 is 12.9. The SMILES string of the molecule is Cc1cc(/C=C/c2ccc(F)cc2)cc(-c2n[nH]nc2C#N)c1. The third-order valence-electron chi connectivity index (χ3n) is 3.37. The van der Waals surface area contributed by atoms with Crippen LogP contribution < -0.4 is 0 Å². The molecule has 0 amide bonds. The molecular weight excluding hydrogens is 291 g/mol. The molecule has 5 heteroatoms. The van der Waals surface area contributed by atoms with Crippen molar-refractivity contribution in [3.63, 3.8) is 0 Å². The standard InChI is InChI=1S/C18H13FN4/c1-12-8-14(3-2-13-4-6-16(19)7-5-13)10-15(9-12)18-17(11-20)21-23-22-18/h2-10H,1H3,(H,21,22,23)/b3-2+. The molecule has 3 aromatic rings. The normalized spacial score (nSPS) is 10.8. The van der Waals surface area contributed by atoms with Gasteiger partial charge in [-0.3, -0.25) is 0 Å². The summed E-state index contributed by atoms with van der Waals surface area (Å²) >= 11 is 0. The second-order valence-corrected chi connectivity index (χ2v) is 5.15. The van der Waals surface area contributed by atoms with Gasteiger partial charge in [0.15, 0.2) is 5.69 Å². The smallest absolute Gasteiger partial charge is 0.190 e. The first kappa shape index (κ1) is 14.7. The Kier molecular flexibility index (Phi) is 3.98. The number of aromatic amines is 1. The number of hydrogen-bond donors (Lipinski definition) is 1. The van der Waals surface area contributed by atoms with E-state index in [0.717, 1.165) is 22.3 Å². The summed E-state index contributed by atoms with van der Waals surface area (Å²) in [7, 11) is 0. The average molecular weight is 304 g/mol. The summed E-state index contributed by atoms with van der Waals surface area (Å²) in [6.45, 7) is 1.98. The number of benzene rings is 2. The van der Waals surface area contributed by atoms with Crippen molar-refractivity contribution in [1.82, 2.24) is 15.4 Å². The van der Waals surface area contributed by atoms with Crippen molar-refractivity contribution >= 4 is 12.2 Å². The lowest BCUT2D eigenvalue weighted by Gasteiger charge is -2.03. The number of aryl methyl sites for hydroxylation is 1. The molecule has 0 fully saturated rings. The molecule has 23 heavy (non-hydrogen) atoms. The lowest BCUT2D eigenvalue weighted by Crippen LogP contribution is -1.86. The second kappa shape index (κ2) is 6.24. The van der Waals surface area contributed by atoms with Gasteiger partial charge in [0.25, 0.3) is 0 Å². The maximum absolute atomic E-state index is 12.9. The molecule has 1 aromatic heterocycles. The van der Waals surface area contributed by atoms with E-state index in [4.69, 9.17) is 5.26 Å². The van der Waals surface area contributed by atoms with Gasteiger partial charge in [0.05, 0.1) is 0 Å². The average Bonchev–Trinajstić information content (AvgIpc) is 3.02. The Morgan fingerprint density at radius 2 is 1.78 bits per heavy atom. The first-order valence-electron chi connectivity index (χ1n) is 7.02. The van der Waals surface area contributed by atoms with Crippen molar-refractivity contribution in [3.8, 4) is 17.3 Å². The van der Waals surface area contributed by atoms with Crippen molar-refractivity contribution in [2.24, 2.45) is 0 Å². The van der Waals surface area contributed by atoms with Crippen molar-refractivity contribution in [3.05, 3.63) is 70.7 Å². The number of hydrogen-bond acceptors (Lipinski definition) is 3. The molecule has 4 nitrogen and oxygen atoms in total. The zero-order valence-electron chi connectivity index (χ0n) is 12.4. The fraction of sp³-hybridized carbons (Fsp3) is 0.0556. The summed E-state index contributed by atoms with van der Waals surface area (Å²) in [5, 5.41) is 19.4. The van der Waals surface area contributed by atoms with Crippen molar-refractivity contribution < 1.29 is 4.39 Å². The summed E-state index contributed by atoms with van der Waals surface area (Å²) in [6, 6.07) is 14.2. The van der Waals surface area contributed by atoms with Crippen LogP contribution in [0, 0.1) is 24.1 Å². The van der Waals surface area contributed by atoms with Gasteiger partial charge in [0.2, 0.25) is 0 Å². The molecule has 1 heterocycles. The monoisotopic (exact) mass is 304 g/mol. The maximum Gasteiger partial charge on any atom is 0.190 e. The Balaban J connectivity index is 1.95. The van der Waals surface area contributed by atoms with Crippen LogP contribution in [0.15, 0.2) is 42.5 Å². The molecule has 0 aliphatic heterocycles. The molecule has 0 aliphatic rings. The van der Waals surface area contributed by atoms with Crippen LogP contribution in [0.1, 0.15) is 22.4 Å². The fourth-order valence-corrected chi connectivity index (χ4v) is 2.32. The van der Waals surface area contributed by atoms with Crippen LogP contribution in [0.25, 0.3) is 23.4 Å². The topological polar surface area (TPSA) is 65.4 Å². The minimum Gasteiger partial charge on any atom is -0.207 e. The molecule has 0 bridgehead atoms. The molecule has 0 atom stereocenters. The Hall–Kier alpha value is -3.26. The predicted octanol–water partition coefficient (Wildman–Crippen LogP) is 3.96. The van der Waals surface area contributed by atoms with Gasteiger partial charge in [-0.1, -0.05) is 30.4 Å². The third kappa shape index (κ3) is 3.33. The molecule has 0 saturated carbocycles. The van der Waals surface area contributed by atoms with Gasteiger partial charge in [-0.25, -0.2) is 4.39 Å². The molecule has 0 aliphatic carbocycles. The van der Waals surface area contributed by atoms with Crippen molar-refractivity contribution in [1.29, 1.82) is 5.26 Å². The van der Waals surface area contributed by atoms with Gasteiger partial charge in [-0.2, -0.15) is 15.6 Å². The quantitative estimate of drug-likeness (QED) is 0.745. The second-order valence-electron chi connectivity index (χ2n) is 5.15. The molecule has 2 aromatic carbocycles. The first-order chi connectivity index (χ1) is 11.2. The lowest BCUT2D eigenvalue weighted by molar-refractivity contribution is 0.628. The molecule has 1 N–H and O–H groups in total. The molecule has 0 saturated heterocycles. The zero-order chi connectivity index (χ0) is 16.2. The van der Waals surface area contributed by atoms with Crippen molar-refractivity contribution in [2.75, 3.05) is 0 Å². The Morgan fingerprint density at radius 1 is 1.04 bits per heavy atom. The Labute approximate surface area is 132 Å². The molecular formula is C18H13FN4. The van der Waals surface area contributed by atoms with Gasteiger partial charge in [-0.05, 0) is 47.9 Å². The van der Waals surface area contributed by atoms with Gasteiger partial charge in [-0.15, -0.1) is 5.10 Å². The molecule has 0 unspecified atom stereocenters. The minimum atomic E-state index is -0.255. The highest BCUT2D eigenvalue weighted by Crippen LogP contribution is 2.23. The van der Waals surface area contributed by atoms with E-state index in [-0.39, 0.29) is 11.5 Å². The van der Waals surface area contributed by atoms with E-state index in [1.54, 1.807) is 12.1 Å². The van der Waals surface area contributed by atoms with Crippen LogP contribution >= 0.6 is 0 Å². The van der Waals surface area contributed by atoms with Gasteiger partial charge in [0.1, 0.15) is 17.6 Å². The number of rotatable bonds is 3. The minimum absolute atomic E-state index is 0.255. The summed E-state index contributed by atoms with van der Waals surface area (Å²) in [4.78, 5) is 0. The first-order valence-corrected chi connectivity index (χ1v) is 7.02. The van der Waals surface area contributed by atoms with Gasteiger partial charge >= 0.3 is 0 Å². The van der Waals surface area contributed by atoms with Crippen LogP contribution in [0.5, 0.6) is 0 Å². The summed E-state index contributed by atoms with van der Waals surface area (Å²) in [5.41, 5.74) is 4.56. The number of nitrogens with one attached hydrogen (secondary N) is 1. The van der Waals surface area contributed by atoms with E-state index >= 15 is 0 Å². The van der Waals surface area contributed by atoms with Crippen molar-refractivity contribution in [2.45, 2.75) is 6.92 Å². The molecule has 0 spiro atoms. The molecule has 3 rings (SSSR count). The van der Waals surface area contributed by atoms with Crippen LogP contribution in [0.4, 0.5) is 4.39 Å². The number of nitrogens with zero attached hydrogens (tertiary/aromatic N) is 3. The summed E-state index contributed by atoms with van der Waals surface area (Å²) in [5.74, 6) is -0.255. The van der Waals surface area contributed by atoms with E-state index in [0.29, 0.717) is 5.69 Å². The van der Waals surface area contributed by atoms with Gasteiger partial charge in [0, 0.05) is 5.56 Å². The van der Waals surface area contributed by atoms with E-state index in [1.165, 1.54) is 12.1 Å². The Morgan fingerprint density at radius 3 is 2.52 bits per heavy atom. The molecule has 112 valence electrons. The number of aromatic nitrogens is 3. The zero-order valence-corrected chi connectivity index (χ0v) is 12.4. The lowest BCUT2D eigenvalue weighted by atomic mass is 10.0.